The smallest absolute Gasteiger partial charge is 0.183 e. The van der Waals surface area contributed by atoms with E-state index in [1.54, 1.807) is 0 Å². The summed E-state index contributed by atoms with van der Waals surface area (Å²) < 4.78 is 5.47. The van der Waals surface area contributed by atoms with Gasteiger partial charge in [0.25, 0.3) is 0 Å². The van der Waals surface area contributed by atoms with Gasteiger partial charge in [-0.05, 0) is 17.7 Å². The van der Waals surface area contributed by atoms with Crippen LogP contribution in [0.3, 0.4) is 0 Å². The molecular formula is C15H12O7. The molecule has 2 aliphatic rings. The van der Waals surface area contributed by atoms with Crippen LogP contribution in [0.25, 0.3) is 0 Å². The van der Waals surface area contributed by atoms with Crippen LogP contribution in [-0.2, 0) is 14.3 Å². The molecule has 3 atom stereocenters. The number of ether oxygens (including phenoxy) is 1. The van der Waals surface area contributed by atoms with Crippen molar-refractivity contribution in [1.82, 2.24) is 0 Å². The number of benzene rings is 1. The Kier molecular flexibility index (Phi) is 3.14. The lowest BCUT2D eigenvalue weighted by molar-refractivity contribution is -0.151. The number of carbonyl (C=O) groups is 2. The van der Waals surface area contributed by atoms with E-state index >= 15 is 0 Å². The number of hydrogen-bond donors (Lipinski definition) is 4. The number of hydrogen-bond acceptors (Lipinski definition) is 7. The summed E-state index contributed by atoms with van der Waals surface area (Å²) in [4.78, 5) is 24.0. The molecule has 3 rings (SSSR count). The highest BCUT2D eigenvalue weighted by molar-refractivity contribution is 6.12. The fourth-order valence-electron chi connectivity index (χ4n) is 2.52. The highest BCUT2D eigenvalue weighted by atomic mass is 16.5. The van der Waals surface area contributed by atoms with Gasteiger partial charge < -0.3 is 25.2 Å². The highest BCUT2D eigenvalue weighted by Gasteiger charge is 2.46. The molecule has 1 aliphatic heterocycles. The third kappa shape index (κ3) is 2.11. The number of rotatable bonds is 1. The molecule has 0 spiro atoms. The van der Waals surface area contributed by atoms with Crippen molar-refractivity contribution in [3.05, 3.63) is 47.4 Å². The Morgan fingerprint density at radius 2 is 1.73 bits per heavy atom. The van der Waals surface area contributed by atoms with Crippen molar-refractivity contribution in [1.29, 1.82) is 0 Å². The second-order valence-electron chi connectivity index (χ2n) is 5.09. The van der Waals surface area contributed by atoms with Crippen LogP contribution in [0.15, 0.2) is 41.9 Å². The number of aromatic hydroxyl groups is 2. The van der Waals surface area contributed by atoms with Gasteiger partial charge in [0, 0.05) is 12.2 Å². The number of carbonyl (C=O) groups excluding carboxylic acids is 2. The van der Waals surface area contributed by atoms with Gasteiger partial charge in [0.2, 0.25) is 0 Å². The zero-order chi connectivity index (χ0) is 16.0. The number of aliphatic hydroxyl groups excluding tert-OH is 2. The normalized spacial score (nSPS) is 27.6. The van der Waals surface area contributed by atoms with E-state index in [-0.39, 0.29) is 22.8 Å². The molecule has 0 radical (unpaired) electrons. The molecule has 7 heteroatoms. The fourth-order valence-corrected chi connectivity index (χ4v) is 2.52. The van der Waals surface area contributed by atoms with Gasteiger partial charge >= 0.3 is 0 Å². The van der Waals surface area contributed by atoms with Crippen LogP contribution in [0.2, 0.25) is 0 Å². The summed E-state index contributed by atoms with van der Waals surface area (Å²) >= 11 is 0. The highest BCUT2D eigenvalue weighted by Crippen LogP contribution is 2.39. The maximum absolute atomic E-state index is 12.2. The molecule has 1 saturated heterocycles. The van der Waals surface area contributed by atoms with Crippen molar-refractivity contribution < 1.29 is 34.8 Å². The van der Waals surface area contributed by atoms with Crippen LogP contribution in [0.5, 0.6) is 11.5 Å². The predicted octanol–water partition coefficient (Wildman–Crippen LogP) is 0.624. The summed E-state index contributed by atoms with van der Waals surface area (Å²) in [7, 11) is 0. The lowest BCUT2D eigenvalue weighted by Gasteiger charge is -2.35. The summed E-state index contributed by atoms with van der Waals surface area (Å²) in [6.45, 7) is 0. The number of phenols is 2. The average Bonchev–Trinajstić information content (AvgIpc) is 2.45. The van der Waals surface area contributed by atoms with Crippen molar-refractivity contribution >= 4 is 11.6 Å². The molecule has 1 aromatic rings. The van der Waals surface area contributed by atoms with Gasteiger partial charge in [0.05, 0.1) is 0 Å². The summed E-state index contributed by atoms with van der Waals surface area (Å²) in [6, 6.07) is 3.71. The van der Waals surface area contributed by atoms with Gasteiger partial charge in [-0.2, -0.15) is 0 Å². The van der Waals surface area contributed by atoms with Crippen LogP contribution >= 0.6 is 0 Å². The molecule has 0 saturated carbocycles. The molecule has 22 heavy (non-hydrogen) atoms. The van der Waals surface area contributed by atoms with E-state index in [1.807, 2.05) is 0 Å². The number of allylic oxidation sites excluding steroid dienone is 3. The molecular weight excluding hydrogens is 292 g/mol. The maximum atomic E-state index is 12.2. The van der Waals surface area contributed by atoms with Gasteiger partial charge in [0.1, 0.15) is 17.4 Å². The van der Waals surface area contributed by atoms with Crippen molar-refractivity contribution in [2.75, 3.05) is 0 Å². The minimum Gasteiger partial charge on any atom is -0.508 e. The maximum Gasteiger partial charge on any atom is 0.183 e. The number of Topliss-reactive ketones (excluding diaryl/α,β-unsaturated/α-hetero) is 1. The largest absolute Gasteiger partial charge is 0.508 e. The molecule has 0 bridgehead atoms. The molecule has 7 nitrogen and oxygen atoms in total. The van der Waals surface area contributed by atoms with Crippen LogP contribution in [-0.4, -0.2) is 38.1 Å². The van der Waals surface area contributed by atoms with E-state index in [0.717, 1.165) is 18.2 Å². The van der Waals surface area contributed by atoms with Gasteiger partial charge in [-0.1, -0.05) is 6.07 Å². The van der Waals surface area contributed by atoms with Crippen LogP contribution < -0.4 is 0 Å². The first kappa shape index (κ1) is 14.2. The third-order valence-electron chi connectivity index (χ3n) is 3.60. The molecule has 1 heterocycles. The van der Waals surface area contributed by atoms with E-state index in [4.69, 9.17) is 4.74 Å². The molecule has 1 fully saturated rings. The van der Waals surface area contributed by atoms with Gasteiger partial charge in [0.15, 0.2) is 35.3 Å². The standard InChI is InChI=1S/C15H12O7/c16-7-4-10(19)12-11(5-7)22-15(14(21)13(12)20)6-1-2-8(17)9(18)3-6/h1-5,12,14-18,21H. The molecule has 3 unspecified atom stereocenters. The summed E-state index contributed by atoms with van der Waals surface area (Å²) in [5.41, 5.74) is 0.247. The molecule has 1 aromatic carbocycles. The van der Waals surface area contributed by atoms with E-state index in [2.05, 4.69) is 0 Å². The zero-order valence-electron chi connectivity index (χ0n) is 11.1. The van der Waals surface area contributed by atoms with Crippen LogP contribution in [0.1, 0.15) is 11.7 Å². The van der Waals surface area contributed by atoms with E-state index < -0.39 is 35.4 Å². The average molecular weight is 304 g/mol. The second-order valence-corrected chi connectivity index (χ2v) is 5.09. The first-order valence-electron chi connectivity index (χ1n) is 6.45. The molecule has 0 aromatic heterocycles. The lowest BCUT2D eigenvalue weighted by Crippen LogP contribution is -2.44. The van der Waals surface area contributed by atoms with Gasteiger partial charge in [-0.15, -0.1) is 0 Å². The second kappa shape index (κ2) is 4.88. The Labute approximate surface area is 124 Å². The Bertz CT molecular complexity index is 731. The first-order valence-corrected chi connectivity index (χ1v) is 6.45. The van der Waals surface area contributed by atoms with Crippen molar-refractivity contribution in [3.8, 4) is 11.5 Å². The van der Waals surface area contributed by atoms with Crippen molar-refractivity contribution in [3.63, 3.8) is 0 Å². The minimum atomic E-state index is -1.61. The zero-order valence-corrected chi connectivity index (χ0v) is 11.1. The van der Waals surface area contributed by atoms with E-state index in [0.29, 0.717) is 0 Å². The monoisotopic (exact) mass is 304 g/mol. The quantitative estimate of drug-likeness (QED) is 0.443. The van der Waals surface area contributed by atoms with Crippen molar-refractivity contribution in [2.24, 2.45) is 5.92 Å². The van der Waals surface area contributed by atoms with E-state index in [1.165, 1.54) is 12.1 Å². The van der Waals surface area contributed by atoms with E-state index in [9.17, 15) is 30.0 Å². The number of aliphatic hydroxyl groups is 2. The summed E-state index contributed by atoms with van der Waals surface area (Å²) in [5, 5.41) is 38.3. The van der Waals surface area contributed by atoms with Crippen molar-refractivity contribution in [2.45, 2.75) is 12.2 Å². The molecule has 0 amide bonds. The third-order valence-corrected chi connectivity index (χ3v) is 3.60. The Hall–Kier alpha value is -2.80. The first-order chi connectivity index (χ1) is 10.4. The topological polar surface area (TPSA) is 124 Å². The summed E-state index contributed by atoms with van der Waals surface area (Å²) in [6.07, 6.45) is -0.721. The Morgan fingerprint density at radius 3 is 2.41 bits per heavy atom. The molecule has 1 aliphatic carbocycles. The van der Waals surface area contributed by atoms with Gasteiger partial charge in [-0.3, -0.25) is 9.59 Å². The minimum absolute atomic E-state index is 0.0575. The lowest BCUT2D eigenvalue weighted by atomic mass is 9.83. The SMILES string of the molecule is O=C1C=C(O)C=C2OC(c3ccc(O)c(O)c3)C(O)C(=O)C12. The Morgan fingerprint density at radius 1 is 1.00 bits per heavy atom. The summed E-state index contributed by atoms with van der Waals surface area (Å²) in [5.74, 6) is -3.86. The number of ketones is 2. The Balaban J connectivity index is 2.01. The fraction of sp³-hybridized carbons (Fsp3) is 0.200. The predicted molar refractivity (Wildman–Crippen MR) is 71.9 cm³/mol. The molecule has 4 N–H and O–H groups in total. The van der Waals surface area contributed by atoms with Gasteiger partial charge in [-0.25, -0.2) is 0 Å². The molecule has 114 valence electrons. The number of phenolic OH excluding ortho intramolecular Hbond substituents is 2. The van der Waals surface area contributed by atoms with Crippen LogP contribution in [0, 0.1) is 5.92 Å². The van der Waals surface area contributed by atoms with Crippen LogP contribution in [0.4, 0.5) is 0 Å². The number of fused-ring (bicyclic) bond motifs is 1.